The van der Waals surface area contributed by atoms with E-state index in [1.807, 2.05) is 19.1 Å². The zero-order valence-corrected chi connectivity index (χ0v) is 17.3. The lowest BCUT2D eigenvalue weighted by Crippen LogP contribution is -2.24. The maximum atomic E-state index is 12.1. The smallest absolute Gasteiger partial charge is 0.303 e. The van der Waals surface area contributed by atoms with E-state index in [1.165, 1.54) is 4.88 Å². The van der Waals surface area contributed by atoms with Crippen molar-refractivity contribution in [3.63, 3.8) is 0 Å². The number of carbonyl (C=O) groups excluding carboxylic acids is 1. The molecule has 0 saturated carbocycles. The van der Waals surface area contributed by atoms with Crippen LogP contribution < -0.4 is 10.6 Å². The number of nitrogens with zero attached hydrogens (tertiary/aromatic N) is 2. The second-order valence-corrected chi connectivity index (χ2v) is 7.82. The van der Waals surface area contributed by atoms with Gasteiger partial charge in [0.25, 0.3) is 5.91 Å². The Labute approximate surface area is 173 Å². The molecule has 0 aliphatic heterocycles. The molecule has 0 aliphatic carbocycles. The molecule has 0 radical (unpaired) electrons. The summed E-state index contributed by atoms with van der Waals surface area (Å²) in [6.07, 6.45) is 1.43. The van der Waals surface area contributed by atoms with Crippen molar-refractivity contribution < 1.29 is 14.7 Å². The van der Waals surface area contributed by atoms with Crippen molar-refractivity contribution >= 4 is 39.2 Å². The summed E-state index contributed by atoms with van der Waals surface area (Å²) in [5.41, 5.74) is 1.58. The lowest BCUT2D eigenvalue weighted by molar-refractivity contribution is -0.137. The van der Waals surface area contributed by atoms with Crippen LogP contribution in [0.4, 0.5) is 5.82 Å². The number of aromatic nitrogens is 2. The Morgan fingerprint density at radius 3 is 2.62 bits per heavy atom. The maximum absolute atomic E-state index is 12.1. The largest absolute Gasteiger partial charge is 0.481 e. The van der Waals surface area contributed by atoms with Gasteiger partial charge in [0.05, 0.1) is 5.39 Å². The SMILES string of the molecule is CCc1cc2c(NCc3ccc(C(=O)NCCCC(=O)O)cc3)nc(C)nc2s1. The molecule has 8 heteroatoms. The number of carboxylic acid groups (broad SMARTS) is 1. The first-order chi connectivity index (χ1) is 14.0. The van der Waals surface area contributed by atoms with E-state index in [1.54, 1.807) is 23.5 Å². The molecular formula is C21H24N4O3S. The van der Waals surface area contributed by atoms with Crippen LogP contribution in [0.1, 0.15) is 46.4 Å². The molecule has 2 heterocycles. The number of hydrogen-bond donors (Lipinski definition) is 3. The summed E-state index contributed by atoms with van der Waals surface area (Å²) in [4.78, 5) is 33.9. The fourth-order valence-corrected chi connectivity index (χ4v) is 3.90. The van der Waals surface area contributed by atoms with Crippen LogP contribution >= 0.6 is 11.3 Å². The second kappa shape index (κ2) is 9.47. The van der Waals surface area contributed by atoms with Crippen molar-refractivity contribution in [3.05, 3.63) is 52.2 Å². The van der Waals surface area contributed by atoms with Gasteiger partial charge in [-0.25, -0.2) is 9.97 Å². The number of benzene rings is 1. The minimum Gasteiger partial charge on any atom is -0.481 e. The normalized spacial score (nSPS) is 10.8. The predicted molar refractivity (Wildman–Crippen MR) is 115 cm³/mol. The molecule has 3 rings (SSSR count). The van der Waals surface area contributed by atoms with Gasteiger partial charge in [0.2, 0.25) is 0 Å². The van der Waals surface area contributed by atoms with Crippen LogP contribution in [-0.2, 0) is 17.8 Å². The fourth-order valence-electron chi connectivity index (χ4n) is 2.89. The van der Waals surface area contributed by atoms with Crippen molar-refractivity contribution in [1.29, 1.82) is 0 Å². The van der Waals surface area contributed by atoms with Crippen LogP contribution in [0.3, 0.4) is 0 Å². The van der Waals surface area contributed by atoms with Crippen molar-refractivity contribution in [1.82, 2.24) is 15.3 Å². The number of anilines is 1. The highest BCUT2D eigenvalue weighted by Gasteiger charge is 2.10. The first-order valence-electron chi connectivity index (χ1n) is 9.56. The summed E-state index contributed by atoms with van der Waals surface area (Å²) < 4.78 is 0. The van der Waals surface area contributed by atoms with Gasteiger partial charge >= 0.3 is 5.97 Å². The number of hydrogen-bond acceptors (Lipinski definition) is 6. The van der Waals surface area contributed by atoms with Crippen LogP contribution in [0.15, 0.2) is 30.3 Å². The van der Waals surface area contributed by atoms with Gasteiger partial charge in [0.1, 0.15) is 16.5 Å². The molecule has 3 N–H and O–H groups in total. The number of rotatable bonds is 9. The Balaban J connectivity index is 1.60. The van der Waals surface area contributed by atoms with Gasteiger partial charge in [-0.1, -0.05) is 19.1 Å². The second-order valence-electron chi connectivity index (χ2n) is 6.71. The van der Waals surface area contributed by atoms with Gasteiger partial charge in [-0.05, 0) is 43.5 Å². The molecule has 1 amide bonds. The van der Waals surface area contributed by atoms with Crippen molar-refractivity contribution in [2.75, 3.05) is 11.9 Å². The number of fused-ring (bicyclic) bond motifs is 1. The molecule has 7 nitrogen and oxygen atoms in total. The minimum absolute atomic E-state index is 0.0462. The van der Waals surface area contributed by atoms with Crippen LogP contribution in [0.25, 0.3) is 10.2 Å². The molecule has 0 spiro atoms. The topological polar surface area (TPSA) is 104 Å². The lowest BCUT2D eigenvalue weighted by atomic mass is 10.1. The zero-order valence-electron chi connectivity index (χ0n) is 16.5. The molecule has 0 saturated heterocycles. The highest BCUT2D eigenvalue weighted by Crippen LogP contribution is 2.29. The Morgan fingerprint density at radius 2 is 1.93 bits per heavy atom. The maximum Gasteiger partial charge on any atom is 0.303 e. The van der Waals surface area contributed by atoms with Crippen LogP contribution in [0, 0.1) is 6.92 Å². The van der Waals surface area contributed by atoms with Gasteiger partial charge in [-0.2, -0.15) is 0 Å². The van der Waals surface area contributed by atoms with Crippen molar-refractivity contribution in [2.24, 2.45) is 0 Å². The van der Waals surface area contributed by atoms with Gasteiger partial charge in [-0.15, -0.1) is 11.3 Å². The Morgan fingerprint density at radius 1 is 1.17 bits per heavy atom. The summed E-state index contributed by atoms with van der Waals surface area (Å²) in [5.74, 6) is 0.497. The Bertz CT molecular complexity index is 1010. The number of amides is 1. The monoisotopic (exact) mass is 412 g/mol. The van der Waals surface area contributed by atoms with Crippen LogP contribution in [-0.4, -0.2) is 33.5 Å². The first-order valence-corrected chi connectivity index (χ1v) is 10.4. The Kier molecular flexibility index (Phi) is 6.77. The van der Waals surface area contributed by atoms with Crippen LogP contribution in [0.5, 0.6) is 0 Å². The quantitative estimate of drug-likeness (QED) is 0.462. The number of carbonyl (C=O) groups is 2. The first kappa shape index (κ1) is 20.7. The summed E-state index contributed by atoms with van der Waals surface area (Å²) in [6.45, 7) is 4.95. The van der Waals surface area contributed by atoms with E-state index in [2.05, 4.69) is 33.6 Å². The van der Waals surface area contributed by atoms with E-state index >= 15 is 0 Å². The van der Waals surface area contributed by atoms with Crippen molar-refractivity contribution in [2.45, 2.75) is 39.7 Å². The average Bonchev–Trinajstić information content (AvgIpc) is 3.12. The molecule has 3 aromatic rings. The molecule has 1 aromatic carbocycles. The van der Waals surface area contributed by atoms with Gasteiger partial charge < -0.3 is 15.7 Å². The summed E-state index contributed by atoms with van der Waals surface area (Å²) in [7, 11) is 0. The van der Waals surface area contributed by atoms with E-state index in [-0.39, 0.29) is 12.3 Å². The minimum atomic E-state index is -0.861. The van der Waals surface area contributed by atoms with Gasteiger partial charge in [-0.3, -0.25) is 9.59 Å². The van der Waals surface area contributed by atoms with E-state index < -0.39 is 5.97 Å². The molecular weight excluding hydrogens is 388 g/mol. The number of nitrogens with one attached hydrogen (secondary N) is 2. The highest BCUT2D eigenvalue weighted by molar-refractivity contribution is 7.18. The number of aryl methyl sites for hydroxylation is 2. The summed E-state index contributed by atoms with van der Waals surface area (Å²) >= 11 is 1.69. The Hall–Kier alpha value is -3.00. The van der Waals surface area contributed by atoms with Gasteiger partial charge in [0.15, 0.2) is 0 Å². The number of thiophene rings is 1. The summed E-state index contributed by atoms with van der Waals surface area (Å²) in [6, 6.07) is 9.47. The molecule has 2 aromatic heterocycles. The number of carboxylic acids is 1. The molecule has 29 heavy (non-hydrogen) atoms. The summed E-state index contributed by atoms with van der Waals surface area (Å²) in [5, 5.41) is 15.8. The van der Waals surface area contributed by atoms with Crippen LogP contribution in [0.2, 0.25) is 0 Å². The predicted octanol–water partition coefficient (Wildman–Crippen LogP) is 3.77. The molecule has 0 unspecified atom stereocenters. The highest BCUT2D eigenvalue weighted by atomic mass is 32.1. The van der Waals surface area contributed by atoms with Crippen molar-refractivity contribution in [3.8, 4) is 0 Å². The molecule has 0 atom stereocenters. The van der Waals surface area contributed by atoms with E-state index in [9.17, 15) is 9.59 Å². The lowest BCUT2D eigenvalue weighted by Gasteiger charge is -2.09. The zero-order chi connectivity index (χ0) is 20.8. The third-order valence-electron chi connectivity index (χ3n) is 4.43. The fraction of sp³-hybridized carbons (Fsp3) is 0.333. The molecule has 152 valence electrons. The molecule has 0 fully saturated rings. The van der Waals surface area contributed by atoms with E-state index in [0.717, 1.165) is 33.8 Å². The average molecular weight is 413 g/mol. The van der Waals surface area contributed by atoms with E-state index in [4.69, 9.17) is 5.11 Å². The standard InChI is InChI=1S/C21H24N4O3S/c1-3-16-11-17-19(24-13(2)25-21(17)29-16)23-12-14-6-8-15(9-7-14)20(28)22-10-4-5-18(26)27/h6-9,11H,3-5,10,12H2,1-2H3,(H,22,28)(H,26,27)(H,23,24,25). The third-order valence-corrected chi connectivity index (χ3v) is 5.61. The number of aliphatic carboxylic acids is 1. The third kappa shape index (κ3) is 5.51. The van der Waals surface area contributed by atoms with Gasteiger partial charge in [0, 0.05) is 30.0 Å². The molecule has 0 aliphatic rings. The molecule has 0 bridgehead atoms. The van der Waals surface area contributed by atoms with E-state index in [0.29, 0.717) is 25.1 Å².